The summed E-state index contributed by atoms with van der Waals surface area (Å²) in [5.41, 5.74) is 1.55. The normalized spacial score (nSPS) is 11.7. The van der Waals surface area contributed by atoms with Crippen LogP contribution in [0.15, 0.2) is 28.5 Å². The van der Waals surface area contributed by atoms with Gasteiger partial charge in [-0.2, -0.15) is 4.31 Å². The highest BCUT2D eigenvalue weighted by Crippen LogP contribution is 2.24. The van der Waals surface area contributed by atoms with Crippen molar-refractivity contribution in [2.24, 2.45) is 5.92 Å². The molecule has 0 aliphatic heterocycles. The van der Waals surface area contributed by atoms with Gasteiger partial charge in [0.25, 0.3) is 0 Å². The number of aromatic nitrogens is 1. The van der Waals surface area contributed by atoms with Crippen LogP contribution in [0, 0.1) is 12.8 Å². The number of hydrogen-bond acceptors (Lipinski definition) is 6. The first-order valence-corrected chi connectivity index (χ1v) is 12.1. The van der Waals surface area contributed by atoms with Crippen molar-refractivity contribution in [3.8, 4) is 0 Å². The molecule has 0 bridgehead atoms. The van der Waals surface area contributed by atoms with Gasteiger partial charge in [0.15, 0.2) is 5.13 Å². The van der Waals surface area contributed by atoms with Gasteiger partial charge >= 0.3 is 0 Å². The van der Waals surface area contributed by atoms with E-state index in [9.17, 15) is 18.0 Å². The summed E-state index contributed by atoms with van der Waals surface area (Å²) in [4.78, 5) is 28.6. The Bertz CT molecular complexity index is 1010. The van der Waals surface area contributed by atoms with Crippen molar-refractivity contribution in [3.63, 3.8) is 0 Å². The number of anilines is 2. The smallest absolute Gasteiger partial charge is 0.243 e. The number of carbonyl (C=O) groups excluding carboxylic acids is 2. The summed E-state index contributed by atoms with van der Waals surface area (Å²) in [5, 5.41) is 7.58. The van der Waals surface area contributed by atoms with Crippen molar-refractivity contribution in [1.29, 1.82) is 0 Å². The molecule has 0 spiro atoms. The van der Waals surface area contributed by atoms with Crippen LogP contribution in [0.4, 0.5) is 10.8 Å². The summed E-state index contributed by atoms with van der Waals surface area (Å²) in [5.74, 6) is -0.622. The Labute approximate surface area is 181 Å². The second-order valence-electron chi connectivity index (χ2n) is 7.08. The minimum atomic E-state index is -3.63. The molecule has 10 heteroatoms. The maximum Gasteiger partial charge on any atom is 0.243 e. The highest BCUT2D eigenvalue weighted by molar-refractivity contribution is 7.89. The average Bonchev–Trinajstić information content (AvgIpc) is 3.10. The van der Waals surface area contributed by atoms with E-state index in [4.69, 9.17) is 0 Å². The van der Waals surface area contributed by atoms with E-state index in [1.807, 2.05) is 0 Å². The van der Waals surface area contributed by atoms with Gasteiger partial charge in [-0.25, -0.2) is 13.4 Å². The number of aryl methyl sites for hydroxylation is 1. The lowest BCUT2D eigenvalue weighted by molar-refractivity contribution is -0.119. The zero-order valence-electron chi connectivity index (χ0n) is 17.9. The molecule has 2 aromatic rings. The van der Waals surface area contributed by atoms with Crippen LogP contribution in [-0.2, 0) is 26.0 Å². The molecule has 0 atom stereocenters. The fraction of sp³-hybridized carbons (Fsp3) is 0.450. The van der Waals surface area contributed by atoms with E-state index < -0.39 is 10.0 Å². The Morgan fingerprint density at radius 3 is 2.43 bits per heavy atom. The number of hydrogen-bond donors (Lipinski definition) is 2. The van der Waals surface area contributed by atoms with Crippen LogP contribution >= 0.6 is 11.3 Å². The van der Waals surface area contributed by atoms with Crippen molar-refractivity contribution in [1.82, 2.24) is 9.29 Å². The van der Waals surface area contributed by atoms with E-state index in [1.54, 1.807) is 52.1 Å². The van der Waals surface area contributed by atoms with Crippen molar-refractivity contribution in [2.45, 2.75) is 45.9 Å². The zero-order valence-corrected chi connectivity index (χ0v) is 19.5. The average molecular weight is 453 g/mol. The number of carbonyl (C=O) groups is 2. The fourth-order valence-electron chi connectivity index (χ4n) is 2.72. The third-order valence-corrected chi connectivity index (χ3v) is 7.44. The van der Waals surface area contributed by atoms with Gasteiger partial charge in [0.2, 0.25) is 21.8 Å². The molecule has 30 heavy (non-hydrogen) atoms. The molecule has 2 amide bonds. The van der Waals surface area contributed by atoms with Crippen molar-refractivity contribution >= 4 is 44.0 Å². The van der Waals surface area contributed by atoms with Crippen molar-refractivity contribution in [2.75, 3.05) is 23.7 Å². The molecular formula is C20H28N4O4S2. The van der Waals surface area contributed by atoms with Gasteiger partial charge in [-0.05, 0) is 24.6 Å². The van der Waals surface area contributed by atoms with Gasteiger partial charge in [-0.3, -0.25) is 9.59 Å². The Hall–Kier alpha value is -2.30. The lowest BCUT2D eigenvalue weighted by Gasteiger charge is -2.20. The number of benzene rings is 1. The standard InChI is InChI=1S/C20H28N4O4S2/c1-6-24(7-2)30(27,28)17-10-15(9-8-14(17)5)21-18(25)11-16-12-29-20(22-16)23-19(26)13(3)4/h8-10,12-13H,6-7,11H2,1-5H3,(H,21,25)(H,22,23,26). The molecule has 0 saturated heterocycles. The first-order chi connectivity index (χ1) is 14.1. The molecule has 0 radical (unpaired) electrons. The molecule has 0 aliphatic rings. The molecule has 0 aliphatic carbocycles. The summed E-state index contributed by atoms with van der Waals surface area (Å²) >= 11 is 1.25. The number of rotatable bonds is 9. The number of nitrogens with one attached hydrogen (secondary N) is 2. The van der Waals surface area contributed by atoms with Crippen LogP contribution in [0.1, 0.15) is 39.0 Å². The monoisotopic (exact) mass is 452 g/mol. The SMILES string of the molecule is CCN(CC)S(=O)(=O)c1cc(NC(=O)Cc2csc(NC(=O)C(C)C)n2)ccc1C. The van der Waals surface area contributed by atoms with Gasteiger partial charge in [0.05, 0.1) is 17.0 Å². The van der Waals surface area contributed by atoms with Crippen LogP contribution in [0.25, 0.3) is 0 Å². The highest BCUT2D eigenvalue weighted by Gasteiger charge is 2.24. The molecule has 8 nitrogen and oxygen atoms in total. The Kier molecular flexibility index (Phi) is 8.10. The maximum absolute atomic E-state index is 12.9. The topological polar surface area (TPSA) is 108 Å². The van der Waals surface area contributed by atoms with E-state index >= 15 is 0 Å². The molecule has 1 aromatic carbocycles. The third kappa shape index (κ3) is 5.87. The van der Waals surface area contributed by atoms with Crippen molar-refractivity contribution < 1.29 is 18.0 Å². The van der Waals surface area contributed by atoms with E-state index in [0.717, 1.165) is 0 Å². The van der Waals surface area contributed by atoms with Crippen LogP contribution in [0.2, 0.25) is 0 Å². The lowest BCUT2D eigenvalue weighted by atomic mass is 10.2. The van der Waals surface area contributed by atoms with E-state index in [-0.39, 0.29) is 29.0 Å². The van der Waals surface area contributed by atoms with E-state index in [1.165, 1.54) is 21.7 Å². The van der Waals surface area contributed by atoms with Crippen LogP contribution < -0.4 is 10.6 Å². The van der Waals surface area contributed by atoms with Gasteiger partial charge in [0.1, 0.15) is 0 Å². The predicted octanol–water partition coefficient (Wildman–Crippen LogP) is 3.26. The maximum atomic E-state index is 12.9. The van der Waals surface area contributed by atoms with Gasteiger partial charge in [-0.15, -0.1) is 11.3 Å². The summed E-state index contributed by atoms with van der Waals surface area (Å²) in [7, 11) is -3.63. The molecule has 0 unspecified atom stereocenters. The summed E-state index contributed by atoms with van der Waals surface area (Å²) in [6, 6.07) is 4.83. The summed E-state index contributed by atoms with van der Waals surface area (Å²) in [6.07, 6.45) is 0.0139. The second-order valence-corrected chi connectivity index (χ2v) is 9.85. The number of amides is 2. The van der Waals surface area contributed by atoms with Gasteiger partial charge < -0.3 is 10.6 Å². The number of sulfonamides is 1. The summed E-state index contributed by atoms with van der Waals surface area (Å²) in [6.45, 7) is 9.61. The van der Waals surface area contributed by atoms with Crippen LogP contribution in [-0.4, -0.2) is 42.6 Å². The van der Waals surface area contributed by atoms with Crippen LogP contribution in [0.5, 0.6) is 0 Å². The molecule has 164 valence electrons. The highest BCUT2D eigenvalue weighted by atomic mass is 32.2. The lowest BCUT2D eigenvalue weighted by Crippen LogP contribution is -2.31. The quantitative estimate of drug-likeness (QED) is 0.607. The number of thiazole rings is 1. The Morgan fingerprint density at radius 2 is 1.83 bits per heavy atom. The molecule has 2 rings (SSSR count). The van der Waals surface area contributed by atoms with Gasteiger partial charge in [0, 0.05) is 30.1 Å². The molecule has 0 saturated carbocycles. The predicted molar refractivity (Wildman–Crippen MR) is 119 cm³/mol. The minimum Gasteiger partial charge on any atom is -0.326 e. The fourth-order valence-corrected chi connectivity index (χ4v) is 5.15. The van der Waals surface area contributed by atoms with E-state index in [2.05, 4.69) is 15.6 Å². The minimum absolute atomic E-state index is 0.0139. The second kappa shape index (κ2) is 10.1. The first-order valence-electron chi connectivity index (χ1n) is 9.74. The zero-order chi connectivity index (χ0) is 22.5. The molecule has 1 aromatic heterocycles. The molecule has 1 heterocycles. The largest absolute Gasteiger partial charge is 0.326 e. The molecule has 2 N–H and O–H groups in total. The summed E-state index contributed by atoms with van der Waals surface area (Å²) < 4.78 is 27.1. The molecular weight excluding hydrogens is 424 g/mol. The number of nitrogens with zero attached hydrogens (tertiary/aromatic N) is 2. The Morgan fingerprint density at radius 1 is 1.17 bits per heavy atom. The van der Waals surface area contributed by atoms with Gasteiger partial charge in [-0.1, -0.05) is 33.8 Å². The first kappa shape index (κ1) is 24.0. The van der Waals surface area contributed by atoms with E-state index in [0.29, 0.717) is 35.2 Å². The van der Waals surface area contributed by atoms with Crippen molar-refractivity contribution in [3.05, 3.63) is 34.8 Å². The molecule has 0 fully saturated rings. The third-order valence-electron chi connectivity index (χ3n) is 4.44. The van der Waals surface area contributed by atoms with Crippen LogP contribution in [0.3, 0.4) is 0 Å². The Balaban J connectivity index is 2.11.